The van der Waals surface area contributed by atoms with Crippen LogP contribution in [0.5, 0.6) is 0 Å². The van der Waals surface area contributed by atoms with Gasteiger partial charge in [-0.2, -0.15) is 4.99 Å². The first-order chi connectivity index (χ1) is 6.09. The van der Waals surface area contributed by atoms with Gasteiger partial charge in [0.1, 0.15) is 0 Å². The van der Waals surface area contributed by atoms with Crippen LogP contribution in [0.3, 0.4) is 0 Å². The maximum absolute atomic E-state index is 5.45. The van der Waals surface area contributed by atoms with E-state index in [0.717, 1.165) is 17.7 Å². The van der Waals surface area contributed by atoms with Gasteiger partial charge < -0.3 is 17.2 Å². The van der Waals surface area contributed by atoms with E-state index < -0.39 is 0 Å². The van der Waals surface area contributed by atoms with Crippen molar-refractivity contribution in [2.75, 3.05) is 0 Å². The number of allylic oxidation sites excluding steroid dienone is 3. The fourth-order valence-corrected chi connectivity index (χ4v) is 1.03. The highest BCUT2D eigenvalue weighted by Gasteiger charge is 2.03. The molecule has 6 N–H and O–H groups in total. The predicted octanol–water partition coefficient (Wildman–Crippen LogP) is -0.192. The topological polar surface area (TPSA) is 103 Å². The lowest BCUT2D eigenvalue weighted by Crippen LogP contribution is -2.26. The van der Waals surface area contributed by atoms with Gasteiger partial charge in [0.05, 0.1) is 5.70 Å². The Morgan fingerprint density at radius 2 is 2.00 bits per heavy atom. The summed E-state index contributed by atoms with van der Waals surface area (Å²) in [4.78, 5) is 7.64. The molecule has 5 nitrogen and oxygen atoms in total. The van der Waals surface area contributed by atoms with E-state index >= 15 is 0 Å². The highest BCUT2D eigenvalue weighted by atomic mass is 15.1. The molecule has 70 valence electrons. The van der Waals surface area contributed by atoms with E-state index in [4.69, 9.17) is 17.2 Å². The Hall–Kier alpha value is -1.78. The first-order valence-corrected chi connectivity index (χ1v) is 3.90. The number of nitrogens with two attached hydrogens (primary N) is 3. The summed E-state index contributed by atoms with van der Waals surface area (Å²) in [6, 6.07) is 0. The molecule has 0 unspecified atom stereocenters. The molecule has 0 saturated carbocycles. The second-order valence-electron chi connectivity index (χ2n) is 2.72. The molecule has 0 saturated heterocycles. The van der Waals surface area contributed by atoms with Crippen molar-refractivity contribution in [1.82, 2.24) is 0 Å². The average molecular weight is 179 g/mol. The van der Waals surface area contributed by atoms with Crippen LogP contribution < -0.4 is 17.2 Å². The van der Waals surface area contributed by atoms with E-state index in [1.807, 2.05) is 13.0 Å². The van der Waals surface area contributed by atoms with Crippen LogP contribution in [-0.2, 0) is 0 Å². The number of nitrogens with zero attached hydrogens (tertiary/aromatic N) is 2. The van der Waals surface area contributed by atoms with E-state index in [9.17, 15) is 0 Å². The molecule has 5 heteroatoms. The van der Waals surface area contributed by atoms with Crippen LogP contribution in [0, 0.1) is 0 Å². The van der Waals surface area contributed by atoms with Gasteiger partial charge >= 0.3 is 0 Å². The van der Waals surface area contributed by atoms with Gasteiger partial charge in [-0.05, 0) is 18.9 Å². The standard InChI is InChI=1S/C8H13N5/c1-5-3-2-4-6(5)12-8(11)13-7(9)10/h3-4H,2H2,1H3,(H6,9,10,11,12,13). The van der Waals surface area contributed by atoms with Crippen molar-refractivity contribution in [2.24, 2.45) is 27.2 Å². The van der Waals surface area contributed by atoms with Crippen molar-refractivity contribution in [3.63, 3.8) is 0 Å². The lowest BCUT2D eigenvalue weighted by atomic mass is 10.3. The molecular weight excluding hydrogens is 166 g/mol. The molecule has 1 aliphatic carbocycles. The van der Waals surface area contributed by atoms with Crippen LogP contribution in [0.1, 0.15) is 13.3 Å². The fourth-order valence-electron chi connectivity index (χ4n) is 1.03. The molecule has 0 atom stereocenters. The largest absolute Gasteiger partial charge is 0.370 e. The Morgan fingerprint density at radius 1 is 1.31 bits per heavy atom. The predicted molar refractivity (Wildman–Crippen MR) is 53.9 cm³/mol. The number of guanidine groups is 2. The summed E-state index contributed by atoms with van der Waals surface area (Å²) < 4.78 is 0. The molecule has 0 amide bonds. The summed E-state index contributed by atoms with van der Waals surface area (Å²) in [6.45, 7) is 1.96. The van der Waals surface area contributed by atoms with E-state index in [1.54, 1.807) is 0 Å². The Kier molecular flexibility index (Phi) is 2.69. The molecule has 0 aromatic carbocycles. The van der Waals surface area contributed by atoms with Gasteiger partial charge in [-0.1, -0.05) is 12.2 Å². The Bertz CT molecular complexity index is 317. The lowest BCUT2D eigenvalue weighted by Gasteiger charge is -1.97. The van der Waals surface area contributed by atoms with Crippen LogP contribution >= 0.6 is 0 Å². The van der Waals surface area contributed by atoms with Crippen LogP contribution in [0.4, 0.5) is 0 Å². The Labute approximate surface area is 76.7 Å². The number of hydrogen-bond acceptors (Lipinski definition) is 1. The molecule has 0 heterocycles. The molecular formula is C8H13N5. The summed E-state index contributed by atoms with van der Waals surface area (Å²) in [5.41, 5.74) is 17.6. The second-order valence-corrected chi connectivity index (χ2v) is 2.72. The van der Waals surface area contributed by atoms with Crippen LogP contribution in [-0.4, -0.2) is 11.9 Å². The zero-order valence-corrected chi connectivity index (χ0v) is 7.49. The molecule has 1 rings (SSSR count). The third kappa shape index (κ3) is 2.62. The van der Waals surface area contributed by atoms with Gasteiger partial charge in [0.2, 0.25) is 5.96 Å². The third-order valence-corrected chi connectivity index (χ3v) is 1.62. The number of aliphatic imine (C=N–C) groups is 2. The summed E-state index contributed by atoms with van der Waals surface area (Å²) in [6.07, 6.45) is 4.91. The summed E-state index contributed by atoms with van der Waals surface area (Å²) in [7, 11) is 0. The molecule has 13 heavy (non-hydrogen) atoms. The molecule has 1 aliphatic rings. The van der Waals surface area contributed by atoms with E-state index in [0.29, 0.717) is 0 Å². The van der Waals surface area contributed by atoms with E-state index in [2.05, 4.69) is 16.1 Å². The van der Waals surface area contributed by atoms with Gasteiger partial charge in [0.25, 0.3) is 0 Å². The first-order valence-electron chi connectivity index (χ1n) is 3.90. The number of hydrogen-bond donors (Lipinski definition) is 3. The van der Waals surface area contributed by atoms with Crippen molar-refractivity contribution in [3.8, 4) is 0 Å². The molecule has 0 radical (unpaired) electrons. The van der Waals surface area contributed by atoms with Gasteiger partial charge in [-0.25, -0.2) is 4.99 Å². The van der Waals surface area contributed by atoms with Gasteiger partial charge in [0, 0.05) is 0 Å². The van der Waals surface area contributed by atoms with Gasteiger partial charge in [-0.3, -0.25) is 0 Å². The Balaban J connectivity index is 2.77. The monoisotopic (exact) mass is 179 g/mol. The van der Waals surface area contributed by atoms with Crippen molar-refractivity contribution >= 4 is 11.9 Å². The normalized spacial score (nSPS) is 16.5. The molecule has 0 aliphatic heterocycles. The molecule has 0 aromatic heterocycles. The summed E-state index contributed by atoms with van der Waals surface area (Å²) in [5.74, 6) is 0.00220. The van der Waals surface area contributed by atoms with Crippen LogP contribution in [0.15, 0.2) is 33.4 Å². The SMILES string of the molecule is CC1=CCC=C1N=C(N)N=C(N)N. The minimum absolute atomic E-state index is 0.0820. The molecule has 0 fully saturated rings. The molecule has 0 spiro atoms. The third-order valence-electron chi connectivity index (χ3n) is 1.62. The van der Waals surface area contributed by atoms with Gasteiger partial charge in [0.15, 0.2) is 5.96 Å². The Morgan fingerprint density at radius 3 is 2.46 bits per heavy atom. The van der Waals surface area contributed by atoms with E-state index in [-0.39, 0.29) is 11.9 Å². The van der Waals surface area contributed by atoms with Crippen molar-refractivity contribution < 1.29 is 0 Å². The van der Waals surface area contributed by atoms with Crippen molar-refractivity contribution in [3.05, 3.63) is 23.4 Å². The smallest absolute Gasteiger partial charge is 0.223 e. The van der Waals surface area contributed by atoms with Crippen molar-refractivity contribution in [1.29, 1.82) is 0 Å². The maximum Gasteiger partial charge on any atom is 0.223 e. The molecule has 0 aromatic rings. The van der Waals surface area contributed by atoms with Crippen LogP contribution in [0.2, 0.25) is 0 Å². The average Bonchev–Trinajstić information content (AvgIpc) is 2.34. The summed E-state index contributed by atoms with van der Waals surface area (Å²) >= 11 is 0. The lowest BCUT2D eigenvalue weighted by molar-refractivity contribution is 1.27. The zero-order chi connectivity index (χ0) is 9.84. The second kappa shape index (κ2) is 3.75. The molecule has 0 bridgehead atoms. The zero-order valence-electron chi connectivity index (χ0n) is 7.49. The quantitative estimate of drug-likeness (QED) is 0.384. The highest BCUT2D eigenvalue weighted by molar-refractivity contribution is 5.93. The van der Waals surface area contributed by atoms with Gasteiger partial charge in [-0.15, -0.1) is 0 Å². The van der Waals surface area contributed by atoms with E-state index in [1.165, 1.54) is 0 Å². The maximum atomic E-state index is 5.45. The minimum atomic E-state index is -0.0820. The highest BCUT2D eigenvalue weighted by Crippen LogP contribution is 2.18. The summed E-state index contributed by atoms with van der Waals surface area (Å²) in [5, 5.41) is 0. The first kappa shape index (κ1) is 9.31. The van der Waals surface area contributed by atoms with Crippen LogP contribution in [0.25, 0.3) is 0 Å². The number of rotatable bonds is 1. The minimum Gasteiger partial charge on any atom is -0.370 e. The fraction of sp³-hybridized carbons (Fsp3) is 0.250. The van der Waals surface area contributed by atoms with Crippen molar-refractivity contribution in [2.45, 2.75) is 13.3 Å².